The van der Waals surface area contributed by atoms with Crippen molar-refractivity contribution in [2.75, 3.05) is 6.61 Å². The first-order valence-electron chi connectivity index (χ1n) is 10.4. The van der Waals surface area contributed by atoms with Gasteiger partial charge in [-0.15, -0.1) is 0 Å². The van der Waals surface area contributed by atoms with E-state index < -0.39 is 22.8 Å². The number of hydrogen-bond acceptors (Lipinski definition) is 5. The highest BCUT2D eigenvalue weighted by atomic mass is 19.1. The van der Waals surface area contributed by atoms with E-state index in [9.17, 15) is 19.1 Å². The fraction of sp³-hybridized carbons (Fsp3) is 0.500. The van der Waals surface area contributed by atoms with Gasteiger partial charge in [0.05, 0.1) is 0 Å². The fourth-order valence-electron chi connectivity index (χ4n) is 4.40. The first-order valence-corrected chi connectivity index (χ1v) is 10.4. The summed E-state index contributed by atoms with van der Waals surface area (Å²) in [6, 6.07) is 5.72. The minimum atomic E-state index is -0.706. The second-order valence-electron chi connectivity index (χ2n) is 8.14. The van der Waals surface area contributed by atoms with Crippen LogP contribution in [0.15, 0.2) is 29.1 Å². The van der Waals surface area contributed by atoms with E-state index in [1.54, 1.807) is 12.1 Å². The molecule has 0 spiro atoms. The van der Waals surface area contributed by atoms with E-state index >= 15 is 0 Å². The smallest absolute Gasteiger partial charge is 0.296 e. The maximum Gasteiger partial charge on any atom is 0.296 e. The van der Waals surface area contributed by atoms with Crippen LogP contribution in [0.4, 0.5) is 4.39 Å². The SMILES string of the molecule is CCCOC12CCC(CC1)Cn1c2nc(C(=O)NCc2ccc(F)cc2)c(O)c1=O. The quantitative estimate of drug-likeness (QED) is 0.757. The second kappa shape index (κ2) is 8.18. The minimum absolute atomic E-state index is 0.123. The van der Waals surface area contributed by atoms with Gasteiger partial charge in [-0.05, 0) is 55.7 Å². The molecule has 3 aliphatic rings. The predicted molar refractivity (Wildman–Crippen MR) is 108 cm³/mol. The number of rotatable bonds is 6. The van der Waals surface area contributed by atoms with Crippen LogP contribution >= 0.6 is 0 Å². The van der Waals surface area contributed by atoms with Gasteiger partial charge in [0.1, 0.15) is 17.2 Å². The Labute approximate surface area is 173 Å². The maximum absolute atomic E-state index is 13.1. The Balaban J connectivity index is 1.67. The third-order valence-electron chi connectivity index (χ3n) is 6.07. The van der Waals surface area contributed by atoms with Crippen LogP contribution in [-0.2, 0) is 23.4 Å². The lowest BCUT2D eigenvalue weighted by Gasteiger charge is -2.36. The Kier molecular flexibility index (Phi) is 5.60. The zero-order valence-electron chi connectivity index (χ0n) is 17.0. The molecule has 7 nitrogen and oxygen atoms in total. The monoisotopic (exact) mass is 415 g/mol. The summed E-state index contributed by atoms with van der Waals surface area (Å²) < 4.78 is 20.8. The molecule has 1 aromatic heterocycles. The van der Waals surface area contributed by atoms with Crippen LogP contribution < -0.4 is 10.9 Å². The van der Waals surface area contributed by atoms with Crippen molar-refractivity contribution in [1.82, 2.24) is 14.9 Å². The first-order chi connectivity index (χ1) is 14.4. The summed E-state index contributed by atoms with van der Waals surface area (Å²) in [6.45, 7) is 3.15. The molecule has 3 heterocycles. The molecule has 2 bridgehead atoms. The number of aromatic nitrogens is 2. The number of carbonyl (C=O) groups excluding carboxylic acids is 1. The lowest BCUT2D eigenvalue weighted by molar-refractivity contribution is -0.0841. The highest BCUT2D eigenvalue weighted by molar-refractivity contribution is 5.94. The van der Waals surface area contributed by atoms with Crippen molar-refractivity contribution in [3.63, 3.8) is 0 Å². The number of nitrogens with one attached hydrogen (secondary N) is 1. The van der Waals surface area contributed by atoms with Crippen molar-refractivity contribution < 1.29 is 19.0 Å². The zero-order valence-corrected chi connectivity index (χ0v) is 17.0. The molecule has 30 heavy (non-hydrogen) atoms. The number of amides is 1. The highest BCUT2D eigenvalue weighted by Crippen LogP contribution is 2.45. The molecule has 2 N–H and O–H groups in total. The topological polar surface area (TPSA) is 93.5 Å². The third-order valence-corrected chi connectivity index (χ3v) is 6.07. The van der Waals surface area contributed by atoms with Crippen molar-refractivity contribution in [1.29, 1.82) is 0 Å². The van der Waals surface area contributed by atoms with Gasteiger partial charge in [-0.25, -0.2) is 9.37 Å². The van der Waals surface area contributed by atoms with Crippen molar-refractivity contribution in [2.45, 2.75) is 57.7 Å². The summed E-state index contributed by atoms with van der Waals surface area (Å²) in [7, 11) is 0. The van der Waals surface area contributed by atoms with Gasteiger partial charge in [0.2, 0.25) is 5.75 Å². The second-order valence-corrected chi connectivity index (χ2v) is 8.14. The highest BCUT2D eigenvalue weighted by Gasteiger charge is 2.45. The van der Waals surface area contributed by atoms with E-state index in [1.165, 1.54) is 16.7 Å². The Morgan fingerprint density at radius 2 is 2.03 bits per heavy atom. The predicted octanol–water partition coefficient (Wildman–Crippen LogP) is 2.84. The molecular weight excluding hydrogens is 389 g/mol. The molecule has 160 valence electrons. The number of hydrogen-bond donors (Lipinski definition) is 2. The standard InChI is InChI=1S/C22H26FN3O4/c1-2-11-30-22-9-7-15(8-10-22)13-26-20(29)18(27)17(25-21(22)26)19(28)24-12-14-3-5-16(23)6-4-14/h3-6,15,27H,2,7-13H2,1H3,(H,24,28). The number of aromatic hydroxyl groups is 1. The van der Waals surface area contributed by atoms with Gasteiger partial charge < -0.3 is 15.2 Å². The van der Waals surface area contributed by atoms with Crippen molar-refractivity contribution >= 4 is 5.91 Å². The summed E-state index contributed by atoms with van der Waals surface area (Å²) in [5.74, 6) is -0.896. The van der Waals surface area contributed by atoms with Crippen LogP contribution in [-0.4, -0.2) is 27.2 Å². The van der Waals surface area contributed by atoms with E-state index in [4.69, 9.17) is 4.74 Å². The third kappa shape index (κ3) is 3.71. The number of nitrogens with zero attached hydrogens (tertiary/aromatic N) is 2. The molecule has 1 aliphatic carbocycles. The number of carbonyl (C=O) groups is 1. The van der Waals surface area contributed by atoms with E-state index in [0.29, 0.717) is 30.5 Å². The van der Waals surface area contributed by atoms with E-state index in [0.717, 1.165) is 32.1 Å². The van der Waals surface area contributed by atoms with Gasteiger partial charge in [0.25, 0.3) is 11.5 Å². The Hall–Kier alpha value is -2.74. The summed E-state index contributed by atoms with van der Waals surface area (Å²) in [5.41, 5.74) is -0.914. The normalized spacial score (nSPS) is 22.4. The van der Waals surface area contributed by atoms with Crippen molar-refractivity contribution in [2.24, 2.45) is 5.92 Å². The van der Waals surface area contributed by atoms with Crippen molar-refractivity contribution in [3.8, 4) is 5.75 Å². The Morgan fingerprint density at radius 3 is 2.70 bits per heavy atom. The molecular formula is C22H26FN3O4. The van der Waals surface area contributed by atoms with Gasteiger partial charge >= 0.3 is 0 Å². The average Bonchev–Trinajstić information content (AvgIpc) is 3.01. The lowest BCUT2D eigenvalue weighted by atomic mass is 9.80. The van der Waals surface area contributed by atoms with Gasteiger partial charge in [-0.1, -0.05) is 19.1 Å². The van der Waals surface area contributed by atoms with Crippen LogP contribution in [0.3, 0.4) is 0 Å². The molecule has 1 amide bonds. The van der Waals surface area contributed by atoms with Crippen LogP contribution in [0.25, 0.3) is 0 Å². The van der Waals surface area contributed by atoms with E-state index in [2.05, 4.69) is 10.3 Å². The fourth-order valence-corrected chi connectivity index (χ4v) is 4.40. The number of fused-ring (bicyclic) bond motifs is 2. The Morgan fingerprint density at radius 1 is 1.33 bits per heavy atom. The van der Waals surface area contributed by atoms with Crippen molar-refractivity contribution in [3.05, 3.63) is 57.5 Å². The molecule has 2 aliphatic heterocycles. The molecule has 2 aromatic rings. The largest absolute Gasteiger partial charge is 0.501 e. The molecule has 1 aromatic carbocycles. The molecule has 0 saturated heterocycles. The number of halogens is 1. The van der Waals surface area contributed by atoms with Gasteiger partial charge in [-0.3, -0.25) is 14.2 Å². The number of ether oxygens (including phenoxy) is 1. The summed E-state index contributed by atoms with van der Waals surface area (Å²) in [4.78, 5) is 30.2. The molecule has 1 saturated carbocycles. The summed E-state index contributed by atoms with van der Waals surface area (Å²) >= 11 is 0. The van der Waals surface area contributed by atoms with Crippen LogP contribution in [0.1, 0.15) is 60.9 Å². The average molecular weight is 415 g/mol. The lowest BCUT2D eigenvalue weighted by Crippen LogP contribution is -2.39. The van der Waals surface area contributed by atoms with Crippen LogP contribution in [0.2, 0.25) is 0 Å². The van der Waals surface area contributed by atoms with E-state index in [-0.39, 0.29) is 18.1 Å². The molecule has 0 atom stereocenters. The maximum atomic E-state index is 13.1. The van der Waals surface area contributed by atoms with Crippen LogP contribution in [0.5, 0.6) is 5.75 Å². The summed E-state index contributed by atoms with van der Waals surface area (Å²) in [5, 5.41) is 13.1. The summed E-state index contributed by atoms with van der Waals surface area (Å²) in [6.07, 6.45) is 4.15. The molecule has 0 radical (unpaired) electrons. The van der Waals surface area contributed by atoms with Gasteiger partial charge in [0, 0.05) is 19.7 Å². The van der Waals surface area contributed by atoms with Gasteiger partial charge in [0.15, 0.2) is 5.69 Å². The minimum Gasteiger partial charge on any atom is -0.501 e. The first kappa shape index (κ1) is 20.5. The number of benzene rings is 1. The van der Waals surface area contributed by atoms with E-state index in [1.807, 2.05) is 6.92 Å². The van der Waals surface area contributed by atoms with Gasteiger partial charge in [-0.2, -0.15) is 0 Å². The molecule has 0 unspecified atom stereocenters. The Bertz CT molecular complexity index is 995. The molecule has 1 fully saturated rings. The molecule has 8 heteroatoms. The van der Waals surface area contributed by atoms with Crippen LogP contribution in [0, 0.1) is 11.7 Å². The zero-order chi connectivity index (χ0) is 21.3. The molecule has 5 rings (SSSR count).